The molecule has 39 heavy (non-hydrogen) atoms. The number of carbonyl (C=O) groups excluding carboxylic acids is 3. The van der Waals surface area contributed by atoms with Gasteiger partial charge in [0.05, 0.1) is 6.54 Å². The lowest BCUT2D eigenvalue weighted by molar-refractivity contribution is -0.143. The minimum absolute atomic E-state index is 0.0648. The average molecular weight is 547 g/mol. The van der Waals surface area contributed by atoms with Crippen molar-refractivity contribution in [3.8, 4) is 0 Å². The van der Waals surface area contributed by atoms with Crippen LogP contribution in [0.4, 0.5) is 0 Å². The van der Waals surface area contributed by atoms with Gasteiger partial charge in [0.1, 0.15) is 18.1 Å². The fourth-order valence-electron chi connectivity index (χ4n) is 3.83. The van der Waals surface area contributed by atoms with Crippen LogP contribution >= 0.6 is 0 Å². The summed E-state index contributed by atoms with van der Waals surface area (Å²) >= 11 is 0. The minimum atomic E-state index is -1.39. The number of fused-ring (bicyclic) bond motifs is 1. The number of aromatic nitrogens is 1. The van der Waals surface area contributed by atoms with Crippen LogP contribution in [0.15, 0.2) is 35.5 Å². The Morgan fingerprint density at radius 1 is 0.923 bits per heavy atom. The summed E-state index contributed by atoms with van der Waals surface area (Å²) in [7, 11) is 0. The van der Waals surface area contributed by atoms with E-state index >= 15 is 0 Å². The van der Waals surface area contributed by atoms with Crippen molar-refractivity contribution in [1.29, 1.82) is 0 Å². The van der Waals surface area contributed by atoms with Crippen molar-refractivity contribution in [2.75, 3.05) is 13.1 Å². The molecule has 1 heterocycles. The molecule has 1 aromatic carbocycles. The van der Waals surface area contributed by atoms with Crippen molar-refractivity contribution in [2.24, 2.45) is 22.2 Å². The van der Waals surface area contributed by atoms with Gasteiger partial charge in [-0.25, -0.2) is 4.79 Å². The molecule has 3 amide bonds. The number of benzene rings is 1. The van der Waals surface area contributed by atoms with Crippen LogP contribution in [0.3, 0.4) is 0 Å². The van der Waals surface area contributed by atoms with Gasteiger partial charge in [-0.15, -0.1) is 0 Å². The van der Waals surface area contributed by atoms with Gasteiger partial charge in [-0.2, -0.15) is 0 Å². The molecule has 3 unspecified atom stereocenters. The van der Waals surface area contributed by atoms with Gasteiger partial charge < -0.3 is 48.3 Å². The number of carbonyl (C=O) groups is 5. The topological polar surface area (TPSA) is 268 Å². The molecule has 12 N–H and O–H groups in total. The summed E-state index contributed by atoms with van der Waals surface area (Å²) in [5.41, 5.74) is 17.3. The largest absolute Gasteiger partial charge is 0.481 e. The molecule has 15 heteroatoms. The predicted octanol–water partition coefficient (Wildman–Crippen LogP) is -1.87. The van der Waals surface area contributed by atoms with E-state index < -0.39 is 60.8 Å². The number of rotatable bonds is 16. The molecule has 2 rings (SSSR count). The van der Waals surface area contributed by atoms with Crippen LogP contribution in [0.2, 0.25) is 0 Å². The van der Waals surface area contributed by atoms with Crippen molar-refractivity contribution in [1.82, 2.24) is 20.9 Å². The van der Waals surface area contributed by atoms with E-state index in [0.29, 0.717) is 12.0 Å². The zero-order chi connectivity index (χ0) is 28.9. The first kappa shape index (κ1) is 30.6. The Bertz CT molecular complexity index is 1210. The third kappa shape index (κ3) is 9.96. The highest BCUT2D eigenvalue weighted by molar-refractivity contribution is 5.94. The third-order valence-electron chi connectivity index (χ3n) is 5.78. The van der Waals surface area contributed by atoms with Crippen LogP contribution in [0.5, 0.6) is 0 Å². The van der Waals surface area contributed by atoms with Crippen molar-refractivity contribution in [3.63, 3.8) is 0 Å². The zero-order valence-corrected chi connectivity index (χ0v) is 21.2. The Balaban J connectivity index is 2.17. The lowest BCUT2D eigenvalue weighted by atomic mass is 10.0. The Hall–Kier alpha value is -4.66. The summed E-state index contributed by atoms with van der Waals surface area (Å²) in [5, 5.41) is 26.9. The van der Waals surface area contributed by atoms with Crippen LogP contribution in [0, 0.1) is 0 Å². The number of aliphatic carboxylic acids is 2. The molecule has 3 atom stereocenters. The predicted molar refractivity (Wildman–Crippen MR) is 141 cm³/mol. The van der Waals surface area contributed by atoms with Crippen LogP contribution < -0.4 is 33.2 Å². The van der Waals surface area contributed by atoms with E-state index in [1.807, 2.05) is 12.1 Å². The minimum Gasteiger partial charge on any atom is -0.481 e. The second kappa shape index (κ2) is 14.9. The van der Waals surface area contributed by atoms with Crippen molar-refractivity contribution >= 4 is 46.5 Å². The van der Waals surface area contributed by atoms with E-state index in [1.54, 1.807) is 18.3 Å². The second-order valence-corrected chi connectivity index (χ2v) is 8.73. The van der Waals surface area contributed by atoms with Crippen LogP contribution in [-0.4, -0.2) is 82.0 Å². The number of aromatic amines is 1. The molecule has 0 aliphatic heterocycles. The number of hydrogen-bond donors (Lipinski definition) is 9. The first-order valence-corrected chi connectivity index (χ1v) is 12.2. The number of carboxylic acid groups (broad SMARTS) is 2. The highest BCUT2D eigenvalue weighted by Crippen LogP contribution is 2.19. The summed E-state index contributed by atoms with van der Waals surface area (Å²) in [4.78, 5) is 67.9. The number of nitrogens with zero attached hydrogens (tertiary/aromatic N) is 1. The van der Waals surface area contributed by atoms with E-state index in [2.05, 4.69) is 25.9 Å². The fraction of sp³-hybridized carbons (Fsp3) is 0.417. The number of amides is 3. The number of carboxylic acids is 2. The SMILES string of the molecule is NCC(=O)NC(CCCN=C(N)N)C(=O)NC(CCC(=O)O)C(=O)NC(Cc1c[nH]c2ccccc12)C(=O)O. The molecule has 0 bridgehead atoms. The van der Waals surface area contributed by atoms with Crippen LogP contribution in [0.1, 0.15) is 31.2 Å². The van der Waals surface area contributed by atoms with Crippen LogP contribution in [-0.2, 0) is 30.4 Å². The normalized spacial score (nSPS) is 13.1. The monoisotopic (exact) mass is 546 g/mol. The molecule has 0 spiro atoms. The van der Waals surface area contributed by atoms with Crippen LogP contribution in [0.25, 0.3) is 10.9 Å². The molecular weight excluding hydrogens is 512 g/mol. The molecular formula is C24H34N8O7. The Morgan fingerprint density at radius 2 is 1.56 bits per heavy atom. The summed E-state index contributed by atoms with van der Waals surface area (Å²) in [5.74, 6) is -4.98. The van der Waals surface area contributed by atoms with E-state index in [1.165, 1.54) is 0 Å². The van der Waals surface area contributed by atoms with Gasteiger partial charge in [0.15, 0.2) is 5.96 Å². The van der Waals surface area contributed by atoms with Crippen molar-refractivity contribution in [3.05, 3.63) is 36.0 Å². The third-order valence-corrected chi connectivity index (χ3v) is 5.78. The summed E-state index contributed by atoms with van der Waals surface area (Å²) in [6.07, 6.45) is 1.15. The molecule has 0 fully saturated rings. The molecule has 0 aliphatic carbocycles. The number of guanidine groups is 1. The smallest absolute Gasteiger partial charge is 0.326 e. The quantitative estimate of drug-likeness (QED) is 0.0642. The van der Waals surface area contributed by atoms with E-state index in [9.17, 15) is 29.1 Å². The van der Waals surface area contributed by atoms with Gasteiger partial charge in [-0.3, -0.25) is 24.2 Å². The number of nitrogens with two attached hydrogens (primary N) is 3. The summed E-state index contributed by atoms with van der Waals surface area (Å²) < 4.78 is 0. The zero-order valence-electron chi connectivity index (χ0n) is 21.2. The van der Waals surface area contributed by atoms with Gasteiger partial charge in [-0.1, -0.05) is 18.2 Å². The number of para-hydroxylation sites is 1. The van der Waals surface area contributed by atoms with Crippen molar-refractivity contribution in [2.45, 2.75) is 50.2 Å². The van der Waals surface area contributed by atoms with E-state index in [4.69, 9.17) is 22.3 Å². The molecule has 0 saturated carbocycles. The Morgan fingerprint density at radius 3 is 2.18 bits per heavy atom. The average Bonchev–Trinajstić information content (AvgIpc) is 3.29. The van der Waals surface area contributed by atoms with E-state index in [-0.39, 0.29) is 31.8 Å². The Labute approximate surface area is 223 Å². The van der Waals surface area contributed by atoms with Gasteiger partial charge in [0.2, 0.25) is 17.7 Å². The molecule has 212 valence electrons. The number of nitrogens with one attached hydrogen (secondary N) is 4. The highest BCUT2D eigenvalue weighted by Gasteiger charge is 2.30. The van der Waals surface area contributed by atoms with Gasteiger partial charge in [-0.05, 0) is 30.9 Å². The molecule has 0 radical (unpaired) electrons. The Kier molecular flexibility index (Phi) is 11.7. The fourth-order valence-corrected chi connectivity index (χ4v) is 3.83. The summed E-state index contributed by atoms with van der Waals surface area (Å²) in [6, 6.07) is 3.35. The lowest BCUT2D eigenvalue weighted by Gasteiger charge is -2.24. The first-order valence-electron chi connectivity index (χ1n) is 12.2. The van der Waals surface area contributed by atoms with E-state index in [0.717, 1.165) is 10.9 Å². The maximum absolute atomic E-state index is 13.1. The van der Waals surface area contributed by atoms with Gasteiger partial charge in [0.25, 0.3) is 0 Å². The number of H-pyrrole nitrogens is 1. The second-order valence-electron chi connectivity index (χ2n) is 8.73. The molecule has 2 aromatic rings. The number of aliphatic imine (C=N–C) groups is 1. The first-order chi connectivity index (χ1) is 18.5. The molecule has 0 aliphatic rings. The van der Waals surface area contributed by atoms with Gasteiger partial charge in [0, 0.05) is 36.5 Å². The van der Waals surface area contributed by atoms with Gasteiger partial charge >= 0.3 is 11.9 Å². The molecule has 0 saturated heterocycles. The maximum Gasteiger partial charge on any atom is 0.326 e. The summed E-state index contributed by atoms with van der Waals surface area (Å²) in [6.45, 7) is -0.226. The standard InChI is InChI=1S/C24H34N8O7/c25-11-19(33)30-16(6-3-9-28-24(26)27)21(36)31-17(7-8-20(34)35)22(37)32-18(23(38)39)10-13-12-29-15-5-2-1-4-14(13)15/h1-2,4-5,12,16-18,29H,3,6-11,25H2,(H,30,33)(H,31,36)(H,32,37)(H,34,35)(H,38,39)(H4,26,27,28). The molecule has 1 aromatic heterocycles. The maximum atomic E-state index is 13.1. The molecule has 15 nitrogen and oxygen atoms in total. The lowest BCUT2D eigenvalue weighted by Crippen LogP contribution is -2.56. The highest BCUT2D eigenvalue weighted by atomic mass is 16.4. The number of hydrogen-bond acceptors (Lipinski definition) is 7. The van der Waals surface area contributed by atoms with Crippen molar-refractivity contribution < 1.29 is 34.2 Å².